The van der Waals surface area contributed by atoms with Crippen LogP contribution in [0.2, 0.25) is 0 Å². The summed E-state index contributed by atoms with van der Waals surface area (Å²) in [6, 6.07) is 8.40. The Balaban J connectivity index is 1.84. The number of hydrogen-bond acceptors (Lipinski definition) is 4. The lowest BCUT2D eigenvalue weighted by atomic mass is 10.1. The van der Waals surface area contributed by atoms with Crippen LogP contribution < -0.4 is 15.0 Å². The van der Waals surface area contributed by atoms with E-state index in [1.54, 1.807) is 19.2 Å². The minimum Gasteiger partial charge on any atom is -0.493 e. The lowest BCUT2D eigenvalue weighted by Gasteiger charge is -2.10. The van der Waals surface area contributed by atoms with Gasteiger partial charge in [0.25, 0.3) is 5.56 Å². The van der Waals surface area contributed by atoms with Crippen molar-refractivity contribution in [3.8, 4) is 11.5 Å². The van der Waals surface area contributed by atoms with Gasteiger partial charge in [-0.2, -0.15) is 13.2 Å². The van der Waals surface area contributed by atoms with Gasteiger partial charge in [0.2, 0.25) is 0 Å². The lowest BCUT2D eigenvalue weighted by molar-refractivity contribution is -0.137. The number of fused-ring (bicyclic) bond motifs is 2. The highest BCUT2D eigenvalue weighted by molar-refractivity contribution is 5.85. The van der Waals surface area contributed by atoms with Crippen LogP contribution in [0.15, 0.2) is 41.2 Å². The lowest BCUT2D eigenvalue weighted by Crippen LogP contribution is -2.21. The van der Waals surface area contributed by atoms with E-state index in [2.05, 4.69) is 4.98 Å². The van der Waals surface area contributed by atoms with E-state index in [0.29, 0.717) is 30.3 Å². The third-order valence-corrected chi connectivity index (χ3v) is 4.92. The van der Waals surface area contributed by atoms with Crippen LogP contribution in [0, 0.1) is 0 Å². The van der Waals surface area contributed by atoms with Crippen LogP contribution in [0.3, 0.4) is 0 Å². The zero-order valence-electron chi connectivity index (χ0n) is 15.7. The van der Waals surface area contributed by atoms with Gasteiger partial charge in [-0.25, -0.2) is 4.98 Å². The van der Waals surface area contributed by atoms with Gasteiger partial charge in [-0.1, -0.05) is 6.07 Å². The fourth-order valence-corrected chi connectivity index (χ4v) is 3.47. The van der Waals surface area contributed by atoms with Crippen LogP contribution in [-0.2, 0) is 12.7 Å². The molecular weight excluding hydrogens is 385 g/mol. The molecule has 0 aliphatic carbocycles. The summed E-state index contributed by atoms with van der Waals surface area (Å²) in [6.45, 7) is 0.428. The Kier molecular flexibility index (Phi) is 4.56. The van der Waals surface area contributed by atoms with Crippen LogP contribution in [0.25, 0.3) is 22.6 Å². The van der Waals surface area contributed by atoms with Gasteiger partial charge in [0.15, 0.2) is 11.5 Å². The molecule has 150 valence electrons. The SMILES string of the molecule is COc1ccc(C=C2CCn3c2nc2cc(C(F)(F)F)ccc2c3=O)cc1OC. The number of hydrogen-bond donors (Lipinski definition) is 0. The molecule has 2 heterocycles. The van der Waals surface area contributed by atoms with E-state index < -0.39 is 11.7 Å². The molecule has 29 heavy (non-hydrogen) atoms. The molecule has 1 aromatic heterocycles. The molecule has 2 aromatic carbocycles. The van der Waals surface area contributed by atoms with Gasteiger partial charge in [-0.3, -0.25) is 9.36 Å². The molecule has 1 aliphatic rings. The van der Waals surface area contributed by atoms with Gasteiger partial charge in [0.05, 0.1) is 30.7 Å². The van der Waals surface area contributed by atoms with Crippen LogP contribution in [0.4, 0.5) is 13.2 Å². The maximum absolute atomic E-state index is 13.0. The van der Waals surface area contributed by atoms with E-state index in [1.807, 2.05) is 12.1 Å². The average Bonchev–Trinajstić information content (AvgIpc) is 3.09. The van der Waals surface area contributed by atoms with Gasteiger partial charge >= 0.3 is 6.18 Å². The second kappa shape index (κ2) is 6.95. The van der Waals surface area contributed by atoms with Crippen LogP contribution in [0.5, 0.6) is 11.5 Å². The van der Waals surface area contributed by atoms with E-state index in [1.165, 1.54) is 17.7 Å². The van der Waals surface area contributed by atoms with E-state index >= 15 is 0 Å². The fraction of sp³-hybridized carbons (Fsp3) is 0.238. The van der Waals surface area contributed by atoms with Crippen molar-refractivity contribution in [3.05, 3.63) is 63.7 Å². The van der Waals surface area contributed by atoms with Crippen LogP contribution in [-0.4, -0.2) is 23.8 Å². The van der Waals surface area contributed by atoms with Crippen molar-refractivity contribution < 1.29 is 22.6 Å². The van der Waals surface area contributed by atoms with Gasteiger partial charge < -0.3 is 9.47 Å². The second-order valence-electron chi connectivity index (χ2n) is 6.66. The molecule has 0 saturated heterocycles. The summed E-state index contributed by atoms with van der Waals surface area (Å²) in [6.07, 6.45) is -2.09. The number of nitrogens with zero attached hydrogens (tertiary/aromatic N) is 2. The summed E-state index contributed by atoms with van der Waals surface area (Å²) < 4.78 is 51.2. The number of ether oxygens (including phenoxy) is 2. The predicted molar refractivity (Wildman–Crippen MR) is 103 cm³/mol. The normalized spacial score (nSPS) is 15.0. The molecule has 0 fully saturated rings. The van der Waals surface area contributed by atoms with Gasteiger partial charge in [0.1, 0.15) is 5.82 Å². The second-order valence-corrected chi connectivity index (χ2v) is 6.66. The Bertz CT molecular complexity index is 1200. The smallest absolute Gasteiger partial charge is 0.416 e. The Morgan fingerprint density at radius 1 is 1.07 bits per heavy atom. The summed E-state index contributed by atoms with van der Waals surface area (Å²) in [7, 11) is 3.07. The first-order valence-electron chi connectivity index (χ1n) is 8.86. The van der Waals surface area contributed by atoms with Crippen LogP contribution >= 0.6 is 0 Å². The molecule has 4 rings (SSSR count). The van der Waals surface area contributed by atoms with Crippen molar-refractivity contribution in [2.75, 3.05) is 14.2 Å². The number of rotatable bonds is 3. The third-order valence-electron chi connectivity index (χ3n) is 4.92. The highest BCUT2D eigenvalue weighted by Crippen LogP contribution is 2.33. The highest BCUT2D eigenvalue weighted by atomic mass is 19.4. The molecule has 1 aliphatic heterocycles. The first-order valence-corrected chi connectivity index (χ1v) is 8.86. The molecule has 0 radical (unpaired) electrons. The van der Waals surface area contributed by atoms with E-state index in [0.717, 1.165) is 23.3 Å². The summed E-state index contributed by atoms with van der Waals surface area (Å²) in [5.41, 5.74) is 0.453. The molecule has 0 N–H and O–H groups in total. The molecule has 5 nitrogen and oxygen atoms in total. The van der Waals surface area contributed by atoms with Crippen molar-refractivity contribution in [1.29, 1.82) is 0 Å². The number of allylic oxidation sites excluding steroid dienone is 1. The Morgan fingerprint density at radius 3 is 2.52 bits per heavy atom. The van der Waals surface area contributed by atoms with Crippen molar-refractivity contribution in [2.24, 2.45) is 0 Å². The Morgan fingerprint density at radius 2 is 1.83 bits per heavy atom. The quantitative estimate of drug-likeness (QED) is 0.653. The zero-order chi connectivity index (χ0) is 20.8. The maximum Gasteiger partial charge on any atom is 0.416 e. The van der Waals surface area contributed by atoms with Crippen molar-refractivity contribution >= 4 is 22.6 Å². The van der Waals surface area contributed by atoms with Gasteiger partial charge in [0, 0.05) is 6.54 Å². The van der Waals surface area contributed by atoms with E-state index in [4.69, 9.17) is 9.47 Å². The minimum absolute atomic E-state index is 0.0381. The summed E-state index contributed by atoms with van der Waals surface area (Å²) >= 11 is 0. The Hall–Kier alpha value is -3.29. The maximum atomic E-state index is 13.0. The molecule has 0 spiro atoms. The van der Waals surface area contributed by atoms with Crippen LogP contribution in [0.1, 0.15) is 23.4 Å². The average molecular weight is 402 g/mol. The van der Waals surface area contributed by atoms with Crippen molar-refractivity contribution in [2.45, 2.75) is 19.1 Å². The summed E-state index contributed by atoms with van der Waals surface area (Å²) in [5, 5.41) is 0.175. The minimum atomic E-state index is -4.50. The van der Waals surface area contributed by atoms with E-state index in [9.17, 15) is 18.0 Å². The molecule has 0 atom stereocenters. The molecule has 8 heteroatoms. The topological polar surface area (TPSA) is 53.4 Å². The van der Waals surface area contributed by atoms with Gasteiger partial charge in [-0.15, -0.1) is 0 Å². The largest absolute Gasteiger partial charge is 0.493 e. The molecule has 0 amide bonds. The molecule has 0 saturated carbocycles. The monoisotopic (exact) mass is 402 g/mol. The number of benzene rings is 2. The van der Waals surface area contributed by atoms with Crippen molar-refractivity contribution in [3.63, 3.8) is 0 Å². The highest BCUT2D eigenvalue weighted by Gasteiger charge is 2.31. The number of alkyl halides is 3. The van der Waals surface area contributed by atoms with Gasteiger partial charge in [-0.05, 0) is 54.0 Å². The molecular formula is C21H17F3N2O3. The molecule has 0 bridgehead atoms. The summed E-state index contributed by atoms with van der Waals surface area (Å²) in [5.74, 6) is 1.52. The Labute approximate surface area is 164 Å². The van der Waals surface area contributed by atoms with E-state index in [-0.39, 0.29) is 16.5 Å². The first-order chi connectivity index (χ1) is 13.8. The first kappa shape index (κ1) is 19.0. The summed E-state index contributed by atoms with van der Waals surface area (Å²) in [4.78, 5) is 17.1. The standard InChI is InChI=1S/C21H17F3N2O3/c1-28-17-6-3-12(10-18(17)29-2)9-13-7-8-26-19(13)25-16-11-14(21(22,23)24)4-5-15(16)20(26)27/h3-6,9-11H,7-8H2,1-2H3. The zero-order valence-corrected chi connectivity index (χ0v) is 15.7. The molecule has 3 aromatic rings. The number of methoxy groups -OCH3 is 2. The number of halogens is 3. The third kappa shape index (κ3) is 3.35. The fourth-order valence-electron chi connectivity index (χ4n) is 3.47. The van der Waals surface area contributed by atoms with Crippen molar-refractivity contribution in [1.82, 2.24) is 9.55 Å². The number of aromatic nitrogens is 2. The molecule has 0 unspecified atom stereocenters. The predicted octanol–water partition coefficient (Wildman–Crippen LogP) is 4.38.